The smallest absolute Gasteiger partial charge is 0.312 e. The number of carbonyl (C=O) groups is 1. The topological polar surface area (TPSA) is 26.3 Å². The summed E-state index contributed by atoms with van der Waals surface area (Å²) >= 11 is 1.69. The van der Waals surface area contributed by atoms with Gasteiger partial charge >= 0.3 is 5.97 Å². The fourth-order valence-electron chi connectivity index (χ4n) is 1.82. The Morgan fingerprint density at radius 2 is 2.25 bits per heavy atom. The third kappa shape index (κ3) is 4.20. The van der Waals surface area contributed by atoms with Crippen molar-refractivity contribution in [2.24, 2.45) is 11.3 Å². The van der Waals surface area contributed by atoms with Crippen LogP contribution in [0, 0.1) is 11.3 Å². The average Bonchev–Trinajstić information content (AvgIpc) is 2.27. The highest BCUT2D eigenvalue weighted by Crippen LogP contribution is 2.24. The summed E-state index contributed by atoms with van der Waals surface area (Å²) in [7, 11) is 0. The first kappa shape index (κ1) is 13.6. The standard InChI is InChI=1S/C13H22O2S/c1-13(2,10-16-3)12(14)15-9-11-7-5-4-6-8-11/h4-5,11H,6-10H2,1-3H3. The molecular formula is C13H22O2S. The van der Waals surface area contributed by atoms with E-state index in [1.807, 2.05) is 20.1 Å². The van der Waals surface area contributed by atoms with Crippen LogP contribution >= 0.6 is 11.8 Å². The van der Waals surface area contributed by atoms with Gasteiger partial charge in [-0.2, -0.15) is 11.8 Å². The monoisotopic (exact) mass is 242 g/mol. The molecule has 1 rings (SSSR count). The van der Waals surface area contributed by atoms with Crippen LogP contribution in [0.2, 0.25) is 0 Å². The lowest BCUT2D eigenvalue weighted by Crippen LogP contribution is -2.30. The largest absolute Gasteiger partial charge is 0.465 e. The molecule has 0 heterocycles. The SMILES string of the molecule is CSCC(C)(C)C(=O)OCC1CC=CCC1. The highest BCUT2D eigenvalue weighted by atomic mass is 32.2. The lowest BCUT2D eigenvalue weighted by molar-refractivity contribution is -0.154. The third-order valence-electron chi connectivity index (χ3n) is 2.89. The van der Waals surface area contributed by atoms with E-state index >= 15 is 0 Å². The summed E-state index contributed by atoms with van der Waals surface area (Å²) in [5.41, 5.74) is -0.357. The van der Waals surface area contributed by atoms with E-state index in [1.165, 1.54) is 0 Å². The number of esters is 1. The Hall–Kier alpha value is -0.440. The summed E-state index contributed by atoms with van der Waals surface area (Å²) in [4.78, 5) is 11.8. The summed E-state index contributed by atoms with van der Waals surface area (Å²) < 4.78 is 5.41. The molecule has 0 aromatic heterocycles. The summed E-state index contributed by atoms with van der Waals surface area (Å²) in [6.45, 7) is 4.49. The number of thioether (sulfide) groups is 1. The molecule has 3 heteroatoms. The van der Waals surface area contributed by atoms with Crippen molar-refractivity contribution in [1.29, 1.82) is 0 Å². The van der Waals surface area contributed by atoms with Gasteiger partial charge < -0.3 is 4.74 Å². The van der Waals surface area contributed by atoms with Crippen LogP contribution in [0.5, 0.6) is 0 Å². The Morgan fingerprint density at radius 3 is 2.81 bits per heavy atom. The molecule has 1 unspecified atom stereocenters. The van der Waals surface area contributed by atoms with E-state index in [0.29, 0.717) is 12.5 Å². The van der Waals surface area contributed by atoms with Gasteiger partial charge in [0.1, 0.15) is 0 Å². The van der Waals surface area contributed by atoms with Gasteiger partial charge in [-0.3, -0.25) is 4.79 Å². The molecule has 0 saturated carbocycles. The van der Waals surface area contributed by atoms with Gasteiger partial charge in [0, 0.05) is 5.75 Å². The number of carbonyl (C=O) groups excluding carboxylic acids is 1. The van der Waals surface area contributed by atoms with Crippen molar-refractivity contribution in [3.05, 3.63) is 12.2 Å². The van der Waals surface area contributed by atoms with Crippen molar-refractivity contribution in [1.82, 2.24) is 0 Å². The average molecular weight is 242 g/mol. The van der Waals surface area contributed by atoms with Crippen molar-refractivity contribution >= 4 is 17.7 Å². The molecule has 0 aliphatic heterocycles. The maximum Gasteiger partial charge on any atom is 0.312 e. The summed E-state index contributed by atoms with van der Waals surface area (Å²) in [5.74, 6) is 1.28. The number of ether oxygens (including phenoxy) is 1. The number of hydrogen-bond donors (Lipinski definition) is 0. The molecule has 0 radical (unpaired) electrons. The zero-order chi connectivity index (χ0) is 12.0. The highest BCUT2D eigenvalue weighted by Gasteiger charge is 2.29. The van der Waals surface area contributed by atoms with Crippen molar-refractivity contribution in [2.45, 2.75) is 33.1 Å². The predicted octanol–water partition coefficient (Wildman–Crippen LogP) is 3.28. The number of hydrogen-bond acceptors (Lipinski definition) is 3. The summed E-state index contributed by atoms with van der Waals surface area (Å²) in [6.07, 6.45) is 9.73. The Kier molecular flexibility index (Phi) is 5.39. The fourth-order valence-corrected chi connectivity index (χ4v) is 2.66. The molecule has 1 aliphatic rings. The minimum absolute atomic E-state index is 0.0589. The van der Waals surface area contributed by atoms with Crippen LogP contribution in [0.4, 0.5) is 0 Å². The van der Waals surface area contributed by atoms with Crippen LogP contribution in [0.25, 0.3) is 0 Å². The van der Waals surface area contributed by atoms with E-state index in [4.69, 9.17) is 4.74 Å². The number of rotatable bonds is 5. The van der Waals surface area contributed by atoms with E-state index in [0.717, 1.165) is 25.0 Å². The molecule has 0 amide bonds. The van der Waals surface area contributed by atoms with Gasteiger partial charge in [-0.15, -0.1) is 0 Å². The molecule has 1 aliphatic carbocycles. The third-order valence-corrected chi connectivity index (χ3v) is 3.90. The van der Waals surface area contributed by atoms with E-state index in [1.54, 1.807) is 11.8 Å². The molecule has 1 atom stereocenters. The zero-order valence-corrected chi connectivity index (χ0v) is 11.3. The Balaban J connectivity index is 2.31. The fraction of sp³-hybridized carbons (Fsp3) is 0.769. The second-order valence-corrected chi connectivity index (χ2v) is 5.93. The molecular weight excluding hydrogens is 220 g/mol. The molecule has 16 heavy (non-hydrogen) atoms. The second-order valence-electron chi connectivity index (χ2n) is 5.07. The van der Waals surface area contributed by atoms with Crippen LogP contribution in [-0.2, 0) is 9.53 Å². The van der Waals surface area contributed by atoms with Crippen LogP contribution < -0.4 is 0 Å². The van der Waals surface area contributed by atoms with Crippen molar-refractivity contribution in [3.63, 3.8) is 0 Å². The van der Waals surface area contributed by atoms with Crippen molar-refractivity contribution < 1.29 is 9.53 Å². The Bertz CT molecular complexity index is 259. The van der Waals surface area contributed by atoms with Crippen LogP contribution in [0.3, 0.4) is 0 Å². The summed E-state index contributed by atoms with van der Waals surface area (Å²) in [6, 6.07) is 0. The first-order valence-electron chi connectivity index (χ1n) is 5.87. The molecule has 0 N–H and O–H groups in total. The zero-order valence-electron chi connectivity index (χ0n) is 10.5. The van der Waals surface area contributed by atoms with Crippen LogP contribution in [0.1, 0.15) is 33.1 Å². The molecule has 0 aromatic rings. The van der Waals surface area contributed by atoms with Crippen molar-refractivity contribution in [3.8, 4) is 0 Å². The lowest BCUT2D eigenvalue weighted by Gasteiger charge is -2.24. The number of allylic oxidation sites excluding steroid dienone is 2. The maximum atomic E-state index is 11.8. The van der Waals surface area contributed by atoms with E-state index < -0.39 is 0 Å². The van der Waals surface area contributed by atoms with Crippen LogP contribution in [0.15, 0.2) is 12.2 Å². The normalized spacial score (nSPS) is 20.8. The highest BCUT2D eigenvalue weighted by molar-refractivity contribution is 7.98. The minimum Gasteiger partial charge on any atom is -0.465 e. The van der Waals surface area contributed by atoms with Gasteiger partial charge in [0.15, 0.2) is 0 Å². The lowest BCUT2D eigenvalue weighted by atomic mass is 9.94. The second kappa shape index (κ2) is 6.33. The minimum atomic E-state index is -0.357. The van der Waals surface area contributed by atoms with Gasteiger partial charge in [0.2, 0.25) is 0 Å². The van der Waals surface area contributed by atoms with Gasteiger partial charge in [-0.05, 0) is 45.3 Å². The molecule has 2 nitrogen and oxygen atoms in total. The molecule has 0 spiro atoms. The van der Waals surface area contributed by atoms with E-state index in [9.17, 15) is 4.79 Å². The van der Waals surface area contributed by atoms with E-state index in [2.05, 4.69) is 12.2 Å². The molecule has 92 valence electrons. The molecule has 0 saturated heterocycles. The maximum absolute atomic E-state index is 11.8. The molecule has 0 aromatic carbocycles. The first-order valence-corrected chi connectivity index (χ1v) is 7.27. The van der Waals surface area contributed by atoms with E-state index in [-0.39, 0.29) is 11.4 Å². The van der Waals surface area contributed by atoms with Gasteiger partial charge in [0.05, 0.1) is 12.0 Å². The van der Waals surface area contributed by atoms with Crippen LogP contribution in [-0.4, -0.2) is 24.6 Å². The Labute approximate surface area is 103 Å². The van der Waals surface area contributed by atoms with Crippen molar-refractivity contribution in [2.75, 3.05) is 18.6 Å². The Morgan fingerprint density at radius 1 is 1.50 bits per heavy atom. The van der Waals surface area contributed by atoms with Gasteiger partial charge in [-0.1, -0.05) is 12.2 Å². The van der Waals surface area contributed by atoms with Gasteiger partial charge in [-0.25, -0.2) is 0 Å². The van der Waals surface area contributed by atoms with Gasteiger partial charge in [0.25, 0.3) is 0 Å². The predicted molar refractivity (Wildman–Crippen MR) is 69.6 cm³/mol. The quantitative estimate of drug-likeness (QED) is 0.547. The molecule has 0 fully saturated rings. The molecule has 0 bridgehead atoms. The summed E-state index contributed by atoms with van der Waals surface area (Å²) in [5, 5.41) is 0. The first-order chi connectivity index (χ1) is 7.56.